The minimum absolute atomic E-state index is 0.168. The van der Waals surface area contributed by atoms with E-state index in [9.17, 15) is 9.50 Å². The number of phenolic OH excluding ortho intramolecular Hbond substituents is 1. The zero-order valence-corrected chi connectivity index (χ0v) is 7.16. The van der Waals surface area contributed by atoms with Crippen LogP contribution in [0.1, 0.15) is 5.69 Å². The largest absolute Gasteiger partial charge is 0.508 e. The Morgan fingerprint density at radius 1 is 1.54 bits per heavy atom. The Hall–Kier alpha value is -1.58. The van der Waals surface area contributed by atoms with E-state index >= 15 is 0 Å². The van der Waals surface area contributed by atoms with Crippen LogP contribution >= 0.6 is 0 Å². The normalized spacial score (nSPS) is 10.9. The molecule has 0 radical (unpaired) electrons. The fourth-order valence-corrected chi connectivity index (χ4v) is 1.42. The first-order chi connectivity index (χ1) is 6.22. The molecule has 1 aromatic heterocycles. The van der Waals surface area contributed by atoms with Crippen LogP contribution in [0.15, 0.2) is 18.2 Å². The van der Waals surface area contributed by atoms with Gasteiger partial charge in [-0.1, -0.05) is 0 Å². The summed E-state index contributed by atoms with van der Waals surface area (Å²) in [7, 11) is 1.72. The van der Waals surface area contributed by atoms with Crippen molar-refractivity contribution in [2.24, 2.45) is 7.05 Å². The first kappa shape index (κ1) is 8.04. The number of phenols is 1. The van der Waals surface area contributed by atoms with Crippen LogP contribution in [-0.4, -0.2) is 14.9 Å². The highest BCUT2D eigenvalue weighted by molar-refractivity contribution is 5.83. The van der Waals surface area contributed by atoms with Crippen molar-refractivity contribution < 1.29 is 9.50 Å². The van der Waals surface area contributed by atoms with Gasteiger partial charge in [0.05, 0.1) is 5.52 Å². The third-order valence-electron chi connectivity index (χ3n) is 2.04. The molecule has 0 aliphatic carbocycles. The van der Waals surface area contributed by atoms with E-state index in [-0.39, 0.29) is 5.75 Å². The average molecular weight is 180 g/mol. The van der Waals surface area contributed by atoms with Gasteiger partial charge in [0.15, 0.2) is 0 Å². The van der Waals surface area contributed by atoms with Gasteiger partial charge in [0.2, 0.25) is 0 Å². The van der Waals surface area contributed by atoms with Crippen molar-refractivity contribution in [1.82, 2.24) is 9.78 Å². The fraction of sp³-hybridized carbons (Fsp3) is 0.222. The van der Waals surface area contributed by atoms with E-state index in [1.807, 2.05) is 0 Å². The molecule has 2 aromatic rings. The summed E-state index contributed by atoms with van der Waals surface area (Å²) < 4.78 is 14.0. The topological polar surface area (TPSA) is 38.0 Å². The lowest BCUT2D eigenvalue weighted by Gasteiger charge is -1.94. The van der Waals surface area contributed by atoms with E-state index in [0.717, 1.165) is 10.9 Å². The Bertz CT molecular complexity index is 450. The van der Waals surface area contributed by atoms with Crippen LogP contribution in [0.5, 0.6) is 5.75 Å². The van der Waals surface area contributed by atoms with Crippen LogP contribution in [0.25, 0.3) is 10.9 Å². The van der Waals surface area contributed by atoms with Crippen molar-refractivity contribution in [3.63, 3.8) is 0 Å². The lowest BCUT2D eigenvalue weighted by molar-refractivity contribution is 0.473. The Kier molecular flexibility index (Phi) is 1.69. The molecule has 68 valence electrons. The van der Waals surface area contributed by atoms with Gasteiger partial charge in [-0.05, 0) is 12.1 Å². The SMILES string of the molecule is Cn1nc(CF)c2ccc(O)cc21. The fourth-order valence-electron chi connectivity index (χ4n) is 1.42. The van der Waals surface area contributed by atoms with Gasteiger partial charge in [0.25, 0.3) is 0 Å². The standard InChI is InChI=1S/C9H9FN2O/c1-12-9-4-6(13)2-3-7(9)8(5-10)11-12/h2-4,13H,5H2,1H3. The van der Waals surface area contributed by atoms with Crippen molar-refractivity contribution in [2.75, 3.05) is 0 Å². The van der Waals surface area contributed by atoms with Crippen molar-refractivity contribution in [3.05, 3.63) is 23.9 Å². The van der Waals surface area contributed by atoms with Crippen LogP contribution in [0.3, 0.4) is 0 Å². The molecule has 0 saturated heterocycles. The minimum atomic E-state index is -0.581. The maximum Gasteiger partial charge on any atom is 0.134 e. The molecular weight excluding hydrogens is 171 g/mol. The van der Waals surface area contributed by atoms with Crippen molar-refractivity contribution in [3.8, 4) is 5.75 Å². The van der Waals surface area contributed by atoms with Crippen molar-refractivity contribution in [2.45, 2.75) is 6.67 Å². The maximum atomic E-state index is 12.4. The summed E-state index contributed by atoms with van der Waals surface area (Å²) in [6.45, 7) is -0.581. The third kappa shape index (κ3) is 1.14. The number of benzene rings is 1. The summed E-state index contributed by atoms with van der Waals surface area (Å²) in [4.78, 5) is 0. The summed E-state index contributed by atoms with van der Waals surface area (Å²) in [6.07, 6.45) is 0. The number of hydrogen-bond donors (Lipinski definition) is 1. The van der Waals surface area contributed by atoms with E-state index in [1.54, 1.807) is 23.9 Å². The third-order valence-corrected chi connectivity index (χ3v) is 2.04. The first-order valence-electron chi connectivity index (χ1n) is 3.93. The second-order valence-electron chi connectivity index (χ2n) is 2.91. The van der Waals surface area contributed by atoms with Crippen molar-refractivity contribution in [1.29, 1.82) is 0 Å². The van der Waals surface area contributed by atoms with Gasteiger partial charge >= 0.3 is 0 Å². The van der Waals surface area contributed by atoms with E-state index in [1.165, 1.54) is 6.07 Å². The van der Waals surface area contributed by atoms with E-state index < -0.39 is 6.67 Å². The predicted octanol–water partition coefficient (Wildman–Crippen LogP) is 1.75. The highest BCUT2D eigenvalue weighted by Crippen LogP contribution is 2.22. The van der Waals surface area contributed by atoms with Crippen LogP contribution in [-0.2, 0) is 13.7 Å². The van der Waals surface area contributed by atoms with Gasteiger partial charge in [-0.15, -0.1) is 0 Å². The van der Waals surface area contributed by atoms with Crippen molar-refractivity contribution >= 4 is 10.9 Å². The number of aromatic nitrogens is 2. The Balaban J connectivity index is 2.80. The molecule has 0 atom stereocenters. The molecule has 0 saturated carbocycles. The molecule has 0 amide bonds. The highest BCUT2D eigenvalue weighted by Gasteiger charge is 2.07. The van der Waals surface area contributed by atoms with Crippen LogP contribution in [0.2, 0.25) is 0 Å². The predicted molar refractivity (Wildman–Crippen MR) is 47.2 cm³/mol. The molecule has 0 aliphatic heterocycles. The van der Waals surface area contributed by atoms with Gasteiger partial charge in [0.1, 0.15) is 18.1 Å². The lowest BCUT2D eigenvalue weighted by Crippen LogP contribution is -1.89. The number of hydrogen-bond acceptors (Lipinski definition) is 2. The van der Waals surface area contributed by atoms with Crippen LogP contribution < -0.4 is 0 Å². The minimum Gasteiger partial charge on any atom is -0.508 e. The second-order valence-corrected chi connectivity index (χ2v) is 2.91. The average Bonchev–Trinajstić information content (AvgIpc) is 2.43. The number of alkyl halides is 1. The number of nitrogens with zero attached hydrogens (tertiary/aromatic N) is 2. The molecule has 1 N–H and O–H groups in total. The summed E-state index contributed by atoms with van der Waals surface area (Å²) >= 11 is 0. The highest BCUT2D eigenvalue weighted by atomic mass is 19.1. The van der Waals surface area contributed by atoms with Gasteiger partial charge < -0.3 is 5.11 Å². The summed E-state index contributed by atoms with van der Waals surface area (Å²) in [6, 6.07) is 4.78. The number of aromatic hydroxyl groups is 1. The molecule has 0 bridgehead atoms. The van der Waals surface area contributed by atoms with Crippen LogP contribution in [0, 0.1) is 0 Å². The Labute approximate surface area is 74.4 Å². The Morgan fingerprint density at radius 2 is 2.31 bits per heavy atom. The van der Waals surface area contributed by atoms with E-state index in [0.29, 0.717) is 5.69 Å². The summed E-state index contributed by atoms with van der Waals surface area (Å²) in [5, 5.41) is 13.9. The molecule has 0 unspecified atom stereocenters. The molecule has 2 rings (SSSR count). The number of fused-ring (bicyclic) bond motifs is 1. The number of halogens is 1. The van der Waals surface area contributed by atoms with Gasteiger partial charge in [-0.2, -0.15) is 5.10 Å². The molecule has 0 aliphatic rings. The molecule has 13 heavy (non-hydrogen) atoms. The molecule has 4 heteroatoms. The first-order valence-corrected chi connectivity index (χ1v) is 3.93. The molecule has 1 heterocycles. The van der Waals surface area contributed by atoms with E-state index in [4.69, 9.17) is 0 Å². The Morgan fingerprint density at radius 3 is 3.00 bits per heavy atom. The zero-order valence-electron chi connectivity index (χ0n) is 7.16. The van der Waals surface area contributed by atoms with Crippen LogP contribution in [0.4, 0.5) is 4.39 Å². The maximum absolute atomic E-state index is 12.4. The molecule has 3 nitrogen and oxygen atoms in total. The molecule has 0 fully saturated rings. The van der Waals surface area contributed by atoms with Gasteiger partial charge in [0, 0.05) is 18.5 Å². The van der Waals surface area contributed by atoms with Gasteiger partial charge in [-0.25, -0.2) is 4.39 Å². The summed E-state index contributed by atoms with van der Waals surface area (Å²) in [5.41, 5.74) is 1.16. The lowest BCUT2D eigenvalue weighted by atomic mass is 10.2. The summed E-state index contributed by atoms with van der Waals surface area (Å²) in [5.74, 6) is 0.168. The second kappa shape index (κ2) is 2.73. The number of aryl methyl sites for hydroxylation is 1. The monoisotopic (exact) mass is 180 g/mol. The van der Waals surface area contributed by atoms with Gasteiger partial charge in [-0.3, -0.25) is 4.68 Å². The zero-order chi connectivity index (χ0) is 9.42. The molecular formula is C9H9FN2O. The molecule has 0 spiro atoms. The quantitative estimate of drug-likeness (QED) is 0.726. The smallest absolute Gasteiger partial charge is 0.134 e. The van der Waals surface area contributed by atoms with E-state index in [2.05, 4.69) is 5.10 Å². The number of rotatable bonds is 1. The molecule has 1 aromatic carbocycles.